The van der Waals surface area contributed by atoms with Crippen molar-refractivity contribution in [1.29, 1.82) is 0 Å². The maximum atomic E-state index is 13.1. The lowest BCUT2D eigenvalue weighted by Crippen LogP contribution is -2.23. The molecule has 2 heterocycles. The average molecular weight is 388 g/mol. The van der Waals surface area contributed by atoms with Crippen molar-refractivity contribution in [1.82, 2.24) is 9.78 Å². The lowest BCUT2D eigenvalue weighted by Gasteiger charge is -2.16. The second-order valence-corrected chi connectivity index (χ2v) is 9.75. The van der Waals surface area contributed by atoms with Crippen molar-refractivity contribution in [3.05, 3.63) is 41.2 Å². The van der Waals surface area contributed by atoms with Crippen LogP contribution < -0.4 is 10.2 Å². The predicted molar refractivity (Wildman–Crippen MR) is 105 cm³/mol. The molecule has 1 fully saturated rings. The third-order valence-electron chi connectivity index (χ3n) is 5.34. The Balaban J connectivity index is 1.63. The number of fused-ring (bicyclic) bond motifs is 1. The summed E-state index contributed by atoms with van der Waals surface area (Å²) >= 11 is 0. The van der Waals surface area contributed by atoms with Crippen LogP contribution in [0, 0.1) is 0 Å². The predicted octanol–water partition coefficient (Wildman–Crippen LogP) is 2.05. The van der Waals surface area contributed by atoms with E-state index >= 15 is 0 Å². The van der Waals surface area contributed by atoms with Crippen molar-refractivity contribution in [2.45, 2.75) is 31.7 Å². The van der Waals surface area contributed by atoms with Gasteiger partial charge in [-0.25, -0.2) is 8.42 Å². The van der Waals surface area contributed by atoms with Gasteiger partial charge in [-0.05, 0) is 49.9 Å². The number of aryl methyl sites for hydroxylation is 1. The maximum absolute atomic E-state index is 13.1. The van der Waals surface area contributed by atoms with Crippen LogP contribution in [0.15, 0.2) is 24.3 Å². The summed E-state index contributed by atoms with van der Waals surface area (Å²) in [5, 5.41) is 7.58. The van der Waals surface area contributed by atoms with Gasteiger partial charge in [0.1, 0.15) is 5.69 Å². The molecule has 0 bridgehead atoms. The van der Waals surface area contributed by atoms with Gasteiger partial charge in [0.2, 0.25) is 0 Å². The van der Waals surface area contributed by atoms with E-state index in [4.69, 9.17) is 0 Å². The van der Waals surface area contributed by atoms with Crippen molar-refractivity contribution in [2.24, 2.45) is 0 Å². The molecule has 2 aliphatic rings. The summed E-state index contributed by atoms with van der Waals surface area (Å²) in [7, 11) is 0.879. The SMILES string of the molecule is CN(C)c1ccc(NC(=O)c2c3c(nn2[C@H]2CCS(=O)(=O)C2)CCC3)cc1. The minimum Gasteiger partial charge on any atom is -0.378 e. The van der Waals surface area contributed by atoms with Crippen LogP contribution >= 0.6 is 0 Å². The van der Waals surface area contributed by atoms with Crippen LogP contribution in [0.4, 0.5) is 11.4 Å². The zero-order valence-corrected chi connectivity index (χ0v) is 16.4. The van der Waals surface area contributed by atoms with E-state index in [1.54, 1.807) is 4.68 Å². The second kappa shape index (κ2) is 6.67. The summed E-state index contributed by atoms with van der Waals surface area (Å²) < 4.78 is 25.5. The Labute approximate surface area is 159 Å². The Morgan fingerprint density at radius 3 is 2.59 bits per heavy atom. The molecular weight excluding hydrogens is 364 g/mol. The first-order valence-electron chi connectivity index (χ1n) is 9.23. The zero-order valence-electron chi connectivity index (χ0n) is 15.6. The molecular formula is C19H24N4O3S. The number of rotatable bonds is 4. The monoisotopic (exact) mass is 388 g/mol. The smallest absolute Gasteiger partial charge is 0.274 e. The minimum atomic E-state index is -3.05. The van der Waals surface area contributed by atoms with Crippen molar-refractivity contribution in [3.8, 4) is 0 Å². The van der Waals surface area contributed by atoms with Crippen molar-refractivity contribution in [2.75, 3.05) is 35.8 Å². The van der Waals surface area contributed by atoms with E-state index in [9.17, 15) is 13.2 Å². The first-order chi connectivity index (χ1) is 12.8. The van der Waals surface area contributed by atoms with Gasteiger partial charge in [-0.2, -0.15) is 5.10 Å². The molecule has 1 atom stereocenters. The fourth-order valence-corrected chi connectivity index (χ4v) is 5.61. The van der Waals surface area contributed by atoms with Gasteiger partial charge < -0.3 is 10.2 Å². The number of carbonyl (C=O) groups excluding carboxylic acids is 1. The number of sulfone groups is 1. The van der Waals surface area contributed by atoms with Gasteiger partial charge in [0.05, 0.1) is 23.2 Å². The van der Waals surface area contributed by atoms with Crippen molar-refractivity contribution >= 4 is 27.1 Å². The van der Waals surface area contributed by atoms with Crippen LogP contribution in [0.3, 0.4) is 0 Å². The van der Waals surface area contributed by atoms with Crippen molar-refractivity contribution < 1.29 is 13.2 Å². The molecule has 1 aromatic carbocycles. The minimum absolute atomic E-state index is 0.0609. The van der Waals surface area contributed by atoms with E-state index < -0.39 is 9.84 Å². The second-order valence-electron chi connectivity index (χ2n) is 7.52. The van der Waals surface area contributed by atoms with Crippen LogP contribution in [0.2, 0.25) is 0 Å². The number of nitrogens with zero attached hydrogens (tertiary/aromatic N) is 3. The highest BCUT2D eigenvalue weighted by Crippen LogP contribution is 2.31. The van der Waals surface area contributed by atoms with Gasteiger partial charge >= 0.3 is 0 Å². The van der Waals surface area contributed by atoms with E-state index in [2.05, 4.69) is 10.4 Å². The standard InChI is InChI=1S/C19H24N4O3S/c1-22(2)14-8-6-13(7-9-14)20-19(24)18-16-4-3-5-17(16)21-23(18)15-10-11-27(25,26)12-15/h6-9,15H,3-5,10-12H2,1-2H3,(H,20,24)/t15-/m0/s1. The quantitative estimate of drug-likeness (QED) is 0.867. The molecule has 0 saturated carbocycles. The summed E-state index contributed by atoms with van der Waals surface area (Å²) in [4.78, 5) is 15.1. The number of carbonyl (C=O) groups is 1. The summed E-state index contributed by atoms with van der Waals surface area (Å²) in [6, 6.07) is 7.38. The molecule has 1 aliphatic carbocycles. The number of nitrogens with one attached hydrogen (secondary N) is 1. The number of amides is 1. The normalized spacial score (nSPS) is 20.4. The summed E-state index contributed by atoms with van der Waals surface area (Å²) in [5.41, 5.74) is 4.20. The number of anilines is 2. The van der Waals surface area contributed by atoms with E-state index in [0.29, 0.717) is 17.8 Å². The average Bonchev–Trinajstić information content (AvgIpc) is 3.28. The first kappa shape index (κ1) is 18.0. The lowest BCUT2D eigenvalue weighted by molar-refractivity contribution is 0.101. The molecule has 1 amide bonds. The van der Waals surface area contributed by atoms with Crippen LogP contribution in [0.5, 0.6) is 0 Å². The number of hydrogen-bond acceptors (Lipinski definition) is 5. The molecule has 7 nitrogen and oxygen atoms in total. The zero-order chi connectivity index (χ0) is 19.2. The molecule has 0 radical (unpaired) electrons. The molecule has 1 aliphatic heterocycles. The van der Waals surface area contributed by atoms with Crippen LogP contribution in [-0.4, -0.2) is 49.7 Å². The van der Waals surface area contributed by atoms with Crippen LogP contribution in [-0.2, 0) is 22.7 Å². The topological polar surface area (TPSA) is 84.3 Å². The van der Waals surface area contributed by atoms with Gasteiger partial charge in [-0.1, -0.05) is 0 Å². The molecule has 27 heavy (non-hydrogen) atoms. The van der Waals surface area contributed by atoms with Gasteiger partial charge in [-0.15, -0.1) is 0 Å². The van der Waals surface area contributed by atoms with Gasteiger partial charge in [0.25, 0.3) is 5.91 Å². The fourth-order valence-electron chi connectivity index (χ4n) is 3.92. The van der Waals surface area contributed by atoms with E-state index in [0.717, 1.165) is 36.2 Å². The highest BCUT2D eigenvalue weighted by atomic mass is 32.2. The molecule has 144 valence electrons. The first-order valence-corrected chi connectivity index (χ1v) is 11.1. The molecule has 2 aromatic rings. The maximum Gasteiger partial charge on any atom is 0.274 e. The number of hydrogen-bond donors (Lipinski definition) is 1. The largest absolute Gasteiger partial charge is 0.378 e. The molecule has 4 rings (SSSR count). The molecule has 1 aromatic heterocycles. The highest BCUT2D eigenvalue weighted by molar-refractivity contribution is 7.91. The Hall–Kier alpha value is -2.35. The van der Waals surface area contributed by atoms with Gasteiger partial charge in [-0.3, -0.25) is 9.48 Å². The highest BCUT2D eigenvalue weighted by Gasteiger charge is 2.35. The number of benzene rings is 1. The van der Waals surface area contributed by atoms with Gasteiger partial charge in [0.15, 0.2) is 9.84 Å². The summed E-state index contributed by atoms with van der Waals surface area (Å²) in [6.07, 6.45) is 3.16. The summed E-state index contributed by atoms with van der Waals surface area (Å²) in [6.45, 7) is 0. The third kappa shape index (κ3) is 3.45. The molecule has 8 heteroatoms. The lowest BCUT2D eigenvalue weighted by atomic mass is 10.1. The number of aromatic nitrogens is 2. The Morgan fingerprint density at radius 2 is 1.96 bits per heavy atom. The van der Waals surface area contributed by atoms with Crippen LogP contribution in [0.25, 0.3) is 0 Å². The third-order valence-corrected chi connectivity index (χ3v) is 7.09. The summed E-state index contributed by atoms with van der Waals surface area (Å²) in [5.74, 6) is 0.00761. The van der Waals surface area contributed by atoms with Crippen LogP contribution in [0.1, 0.15) is 40.6 Å². The molecule has 1 N–H and O–H groups in total. The molecule has 0 unspecified atom stereocenters. The molecule has 0 spiro atoms. The Morgan fingerprint density at radius 1 is 1.22 bits per heavy atom. The molecule has 1 saturated heterocycles. The van der Waals surface area contributed by atoms with Crippen molar-refractivity contribution in [3.63, 3.8) is 0 Å². The van der Waals surface area contributed by atoms with Gasteiger partial charge in [0, 0.05) is 31.0 Å². The van der Waals surface area contributed by atoms with E-state index in [-0.39, 0.29) is 23.5 Å². The van der Waals surface area contributed by atoms with E-state index in [1.165, 1.54) is 0 Å². The van der Waals surface area contributed by atoms with E-state index in [1.807, 2.05) is 43.3 Å². The Kier molecular flexibility index (Phi) is 4.46. The Bertz CT molecular complexity index is 977. The fraction of sp³-hybridized carbons (Fsp3) is 0.474.